The highest BCUT2D eigenvalue weighted by Gasteiger charge is 2.26. The molecule has 2 heteroatoms. The van der Waals surface area contributed by atoms with E-state index in [9.17, 15) is 4.79 Å². The topological polar surface area (TPSA) is 30.2 Å². The van der Waals surface area contributed by atoms with Crippen molar-refractivity contribution in [1.29, 1.82) is 0 Å². The minimum atomic E-state index is 0.165. The standard InChI is InChI=1S/C11H14O2/c1-7-5-11(13-8(7)2)10(12)6-9-3-4-9/h5,9H,3-4,6H2,1-2H3. The summed E-state index contributed by atoms with van der Waals surface area (Å²) in [6.45, 7) is 3.86. The molecule has 0 radical (unpaired) electrons. The Hall–Kier alpha value is -1.05. The van der Waals surface area contributed by atoms with E-state index in [0.717, 1.165) is 11.3 Å². The zero-order valence-corrected chi connectivity index (χ0v) is 8.09. The number of furan rings is 1. The minimum absolute atomic E-state index is 0.165. The average Bonchev–Trinajstić information content (AvgIpc) is 2.81. The molecular weight excluding hydrogens is 164 g/mol. The number of hydrogen-bond donors (Lipinski definition) is 0. The molecule has 0 amide bonds. The molecule has 1 aliphatic rings. The van der Waals surface area contributed by atoms with Gasteiger partial charge in [-0.05, 0) is 44.2 Å². The Bertz CT molecular complexity index is 312. The number of hydrogen-bond acceptors (Lipinski definition) is 2. The van der Waals surface area contributed by atoms with Crippen LogP contribution in [0.15, 0.2) is 10.5 Å². The van der Waals surface area contributed by atoms with Crippen molar-refractivity contribution in [2.24, 2.45) is 5.92 Å². The maximum atomic E-state index is 11.6. The van der Waals surface area contributed by atoms with Crippen molar-refractivity contribution in [3.05, 3.63) is 23.2 Å². The number of ketones is 1. The lowest BCUT2D eigenvalue weighted by molar-refractivity contribution is 0.0948. The van der Waals surface area contributed by atoms with Gasteiger partial charge in [0.2, 0.25) is 0 Å². The summed E-state index contributed by atoms with van der Waals surface area (Å²) in [5, 5.41) is 0. The molecule has 2 rings (SSSR count). The summed E-state index contributed by atoms with van der Waals surface area (Å²) >= 11 is 0. The first kappa shape index (κ1) is 8.54. The Balaban J connectivity index is 2.09. The van der Waals surface area contributed by atoms with Crippen molar-refractivity contribution in [2.45, 2.75) is 33.1 Å². The third-order valence-corrected chi connectivity index (χ3v) is 2.61. The number of rotatable bonds is 3. The summed E-state index contributed by atoms with van der Waals surface area (Å²) in [4.78, 5) is 11.6. The quantitative estimate of drug-likeness (QED) is 0.666. The van der Waals surface area contributed by atoms with Gasteiger partial charge in [-0.15, -0.1) is 0 Å². The fraction of sp³-hybridized carbons (Fsp3) is 0.545. The highest BCUT2D eigenvalue weighted by Crippen LogP contribution is 2.33. The van der Waals surface area contributed by atoms with Crippen LogP contribution in [0.2, 0.25) is 0 Å². The van der Waals surface area contributed by atoms with E-state index >= 15 is 0 Å². The Kier molecular flexibility index (Phi) is 1.98. The molecule has 0 unspecified atom stereocenters. The van der Waals surface area contributed by atoms with E-state index in [1.54, 1.807) is 0 Å². The highest BCUT2D eigenvalue weighted by molar-refractivity contribution is 5.94. The van der Waals surface area contributed by atoms with E-state index in [1.165, 1.54) is 12.8 Å². The number of carbonyl (C=O) groups excluding carboxylic acids is 1. The van der Waals surface area contributed by atoms with Gasteiger partial charge in [-0.2, -0.15) is 0 Å². The van der Waals surface area contributed by atoms with Gasteiger partial charge in [-0.1, -0.05) is 0 Å². The fourth-order valence-electron chi connectivity index (χ4n) is 1.40. The van der Waals surface area contributed by atoms with Gasteiger partial charge in [0.1, 0.15) is 5.76 Å². The Morgan fingerprint density at radius 2 is 2.23 bits per heavy atom. The molecule has 0 bridgehead atoms. The van der Waals surface area contributed by atoms with Gasteiger partial charge in [0, 0.05) is 6.42 Å². The normalized spacial score (nSPS) is 16.2. The smallest absolute Gasteiger partial charge is 0.198 e. The van der Waals surface area contributed by atoms with Crippen molar-refractivity contribution in [3.8, 4) is 0 Å². The van der Waals surface area contributed by atoms with Gasteiger partial charge in [-0.25, -0.2) is 0 Å². The van der Waals surface area contributed by atoms with Crippen molar-refractivity contribution in [2.75, 3.05) is 0 Å². The van der Waals surface area contributed by atoms with E-state index in [2.05, 4.69) is 0 Å². The van der Waals surface area contributed by atoms with Gasteiger partial charge in [0.15, 0.2) is 11.5 Å². The monoisotopic (exact) mass is 178 g/mol. The first-order valence-corrected chi connectivity index (χ1v) is 4.77. The molecule has 1 aromatic heterocycles. The number of aryl methyl sites for hydroxylation is 2. The largest absolute Gasteiger partial charge is 0.458 e. The highest BCUT2D eigenvalue weighted by atomic mass is 16.3. The second-order valence-corrected chi connectivity index (χ2v) is 3.92. The molecule has 0 aromatic carbocycles. The summed E-state index contributed by atoms with van der Waals surface area (Å²) in [5.74, 6) is 2.21. The second-order valence-electron chi connectivity index (χ2n) is 3.92. The fourth-order valence-corrected chi connectivity index (χ4v) is 1.40. The second kappa shape index (κ2) is 3.02. The molecule has 1 aliphatic carbocycles. The lowest BCUT2D eigenvalue weighted by Crippen LogP contribution is -1.97. The average molecular weight is 178 g/mol. The number of Topliss-reactive ketones (excluding diaryl/α,β-unsaturated/α-hetero) is 1. The third kappa shape index (κ3) is 1.82. The van der Waals surface area contributed by atoms with E-state index < -0.39 is 0 Å². The van der Waals surface area contributed by atoms with E-state index in [4.69, 9.17) is 4.42 Å². The molecule has 13 heavy (non-hydrogen) atoms. The lowest BCUT2D eigenvalue weighted by atomic mass is 10.1. The molecule has 1 saturated carbocycles. The van der Waals surface area contributed by atoms with E-state index in [-0.39, 0.29) is 5.78 Å². The Morgan fingerprint density at radius 3 is 2.69 bits per heavy atom. The van der Waals surface area contributed by atoms with Crippen LogP contribution in [0.3, 0.4) is 0 Å². The molecule has 0 aliphatic heterocycles. The molecule has 0 saturated heterocycles. The van der Waals surface area contributed by atoms with Gasteiger partial charge >= 0.3 is 0 Å². The van der Waals surface area contributed by atoms with Crippen LogP contribution in [0.4, 0.5) is 0 Å². The summed E-state index contributed by atoms with van der Waals surface area (Å²) in [5.41, 5.74) is 1.07. The Morgan fingerprint density at radius 1 is 1.54 bits per heavy atom. The van der Waals surface area contributed by atoms with Crippen LogP contribution in [-0.2, 0) is 0 Å². The van der Waals surface area contributed by atoms with Gasteiger partial charge in [0.25, 0.3) is 0 Å². The molecule has 1 heterocycles. The first-order valence-electron chi connectivity index (χ1n) is 4.77. The van der Waals surface area contributed by atoms with Crippen LogP contribution in [0.5, 0.6) is 0 Å². The van der Waals surface area contributed by atoms with Crippen LogP contribution >= 0.6 is 0 Å². The van der Waals surface area contributed by atoms with Crippen molar-refractivity contribution in [1.82, 2.24) is 0 Å². The third-order valence-electron chi connectivity index (χ3n) is 2.61. The predicted octanol–water partition coefficient (Wildman–Crippen LogP) is 2.88. The van der Waals surface area contributed by atoms with Crippen LogP contribution in [-0.4, -0.2) is 5.78 Å². The lowest BCUT2D eigenvalue weighted by Gasteiger charge is -1.92. The maximum Gasteiger partial charge on any atom is 0.198 e. The predicted molar refractivity (Wildman–Crippen MR) is 49.9 cm³/mol. The summed E-state index contributed by atoms with van der Waals surface area (Å²) in [6.07, 6.45) is 3.10. The zero-order chi connectivity index (χ0) is 9.42. The summed E-state index contributed by atoms with van der Waals surface area (Å²) in [6, 6.07) is 1.85. The van der Waals surface area contributed by atoms with Crippen LogP contribution in [0, 0.1) is 19.8 Å². The molecule has 0 atom stereocenters. The van der Waals surface area contributed by atoms with E-state index in [1.807, 2.05) is 19.9 Å². The zero-order valence-electron chi connectivity index (χ0n) is 8.09. The molecule has 0 N–H and O–H groups in total. The summed E-state index contributed by atoms with van der Waals surface area (Å²) < 4.78 is 5.36. The molecule has 1 fully saturated rings. The van der Waals surface area contributed by atoms with Crippen molar-refractivity contribution in [3.63, 3.8) is 0 Å². The van der Waals surface area contributed by atoms with Crippen LogP contribution < -0.4 is 0 Å². The van der Waals surface area contributed by atoms with Crippen LogP contribution in [0.25, 0.3) is 0 Å². The van der Waals surface area contributed by atoms with Crippen molar-refractivity contribution >= 4 is 5.78 Å². The van der Waals surface area contributed by atoms with Gasteiger partial charge in [0.05, 0.1) is 0 Å². The number of carbonyl (C=O) groups is 1. The maximum absolute atomic E-state index is 11.6. The van der Waals surface area contributed by atoms with Crippen LogP contribution in [0.1, 0.15) is 41.1 Å². The minimum Gasteiger partial charge on any atom is -0.458 e. The summed E-state index contributed by atoms with van der Waals surface area (Å²) in [7, 11) is 0. The Labute approximate surface area is 77.9 Å². The molecular formula is C11H14O2. The molecule has 2 nitrogen and oxygen atoms in total. The van der Waals surface area contributed by atoms with Crippen molar-refractivity contribution < 1.29 is 9.21 Å². The van der Waals surface area contributed by atoms with Gasteiger partial charge < -0.3 is 4.42 Å². The first-order chi connectivity index (χ1) is 6.16. The molecule has 70 valence electrons. The molecule has 0 spiro atoms. The SMILES string of the molecule is Cc1cc(C(=O)CC2CC2)oc1C. The van der Waals surface area contributed by atoms with E-state index in [0.29, 0.717) is 18.1 Å². The van der Waals surface area contributed by atoms with Gasteiger partial charge in [-0.3, -0.25) is 4.79 Å². The molecule has 1 aromatic rings.